The van der Waals surface area contributed by atoms with Crippen molar-refractivity contribution in [3.63, 3.8) is 0 Å². The highest BCUT2D eigenvalue weighted by Crippen LogP contribution is 2.61. The van der Waals surface area contributed by atoms with Crippen molar-refractivity contribution in [2.45, 2.75) is 0 Å². The van der Waals surface area contributed by atoms with Crippen LogP contribution in [-0.4, -0.2) is 12.3 Å². The average molecular weight is 244 g/mol. The highest BCUT2D eigenvalue weighted by atomic mass is 31.8. The Balaban J connectivity index is 2.17. The maximum absolute atomic E-state index is 2.31. The topological polar surface area (TPSA) is 0 Å². The highest BCUT2D eigenvalue weighted by Gasteiger charge is 2.27. The first-order valence-electron chi connectivity index (χ1n) is 5.60. The van der Waals surface area contributed by atoms with Crippen molar-refractivity contribution in [1.82, 2.24) is 0 Å². The minimum absolute atomic E-state index is 1.00. The normalized spacial score (nSPS) is 18.2. The molecular formula is C14H14P2. The van der Waals surface area contributed by atoms with E-state index in [2.05, 4.69) is 60.7 Å². The minimum atomic E-state index is -1.00. The number of rotatable bonds is 2. The van der Waals surface area contributed by atoms with E-state index in [-0.39, 0.29) is 0 Å². The first-order valence-corrected chi connectivity index (χ1v) is 9.36. The second-order valence-corrected chi connectivity index (χ2v) is 10.7. The van der Waals surface area contributed by atoms with E-state index >= 15 is 0 Å². The Morgan fingerprint density at radius 2 is 1.19 bits per heavy atom. The average Bonchev–Trinajstić information content (AvgIpc) is 2.31. The van der Waals surface area contributed by atoms with Crippen LogP contribution in [-0.2, 0) is 0 Å². The third kappa shape index (κ3) is 1.58. The molecule has 1 heterocycles. The molecule has 80 valence electrons. The molecule has 0 N–H and O–H groups in total. The number of benzene rings is 2. The van der Waals surface area contributed by atoms with Gasteiger partial charge in [-0.05, 0) is 29.5 Å². The van der Waals surface area contributed by atoms with Gasteiger partial charge in [0.1, 0.15) is 0 Å². The third-order valence-corrected chi connectivity index (χ3v) is 11.6. The zero-order valence-corrected chi connectivity index (χ0v) is 10.9. The molecule has 0 bridgehead atoms. The van der Waals surface area contributed by atoms with Crippen LogP contribution in [0.25, 0.3) is 0 Å². The molecule has 0 fully saturated rings. The van der Waals surface area contributed by atoms with Crippen LogP contribution < -0.4 is 10.6 Å². The van der Waals surface area contributed by atoms with E-state index in [0.717, 1.165) is 0 Å². The summed E-state index contributed by atoms with van der Waals surface area (Å²) in [6.45, 7) is -1.00. The van der Waals surface area contributed by atoms with Gasteiger partial charge in [0.25, 0.3) is 0 Å². The van der Waals surface area contributed by atoms with Gasteiger partial charge >= 0.3 is 0 Å². The molecule has 0 amide bonds. The Morgan fingerprint density at radius 3 is 1.50 bits per heavy atom. The van der Waals surface area contributed by atoms with Gasteiger partial charge < -0.3 is 0 Å². The van der Waals surface area contributed by atoms with Crippen LogP contribution in [0.3, 0.4) is 0 Å². The SMILES string of the molecule is c1ccc(P2(c3ccccc3)=PCC2)cc1. The lowest BCUT2D eigenvalue weighted by atomic mass is 10.4. The fourth-order valence-electron chi connectivity index (χ4n) is 2.22. The molecule has 0 saturated heterocycles. The lowest BCUT2D eigenvalue weighted by molar-refractivity contribution is 1.50. The van der Waals surface area contributed by atoms with E-state index < -0.39 is 6.55 Å². The Labute approximate surface area is 98.3 Å². The molecule has 2 aromatic rings. The van der Waals surface area contributed by atoms with Gasteiger partial charge in [0, 0.05) is 0 Å². The molecule has 0 atom stereocenters. The number of hydrogen-bond acceptors (Lipinski definition) is 0. The summed E-state index contributed by atoms with van der Waals surface area (Å²) < 4.78 is 0. The predicted molar refractivity (Wildman–Crippen MR) is 75.7 cm³/mol. The molecule has 2 aromatic carbocycles. The Morgan fingerprint density at radius 1 is 0.750 bits per heavy atom. The first kappa shape index (κ1) is 10.3. The molecule has 0 aromatic heterocycles. The molecule has 0 radical (unpaired) electrons. The molecule has 1 aliphatic heterocycles. The summed E-state index contributed by atoms with van der Waals surface area (Å²) in [7, 11) is 1.66. The van der Waals surface area contributed by atoms with Crippen molar-refractivity contribution < 1.29 is 0 Å². The third-order valence-electron chi connectivity index (χ3n) is 3.13. The molecule has 0 unspecified atom stereocenters. The van der Waals surface area contributed by atoms with E-state index in [9.17, 15) is 0 Å². The Hall–Kier alpha value is -0.830. The van der Waals surface area contributed by atoms with E-state index in [1.54, 1.807) is 18.5 Å². The quantitative estimate of drug-likeness (QED) is 0.709. The lowest BCUT2D eigenvalue weighted by Gasteiger charge is -2.32. The van der Waals surface area contributed by atoms with Gasteiger partial charge in [-0.3, -0.25) is 0 Å². The van der Waals surface area contributed by atoms with Gasteiger partial charge in [-0.25, -0.2) is 0 Å². The van der Waals surface area contributed by atoms with Gasteiger partial charge in [-0.2, -0.15) is 0 Å². The van der Waals surface area contributed by atoms with Crippen LogP contribution in [0.4, 0.5) is 0 Å². The maximum Gasteiger partial charge on any atom is -0.00537 e. The predicted octanol–water partition coefficient (Wildman–Crippen LogP) is 3.53. The molecule has 0 spiro atoms. The van der Waals surface area contributed by atoms with E-state index in [0.29, 0.717) is 0 Å². The van der Waals surface area contributed by atoms with Gasteiger partial charge in [0.15, 0.2) is 0 Å². The summed E-state index contributed by atoms with van der Waals surface area (Å²) in [4.78, 5) is 0. The molecule has 16 heavy (non-hydrogen) atoms. The fraction of sp³-hybridized carbons (Fsp3) is 0.143. The smallest absolute Gasteiger partial charge is 0.00537 e. The summed E-state index contributed by atoms with van der Waals surface area (Å²) in [5.74, 6) is 0. The summed E-state index contributed by atoms with van der Waals surface area (Å²) in [6, 6.07) is 22.2. The van der Waals surface area contributed by atoms with Gasteiger partial charge in [-0.1, -0.05) is 68.5 Å². The Kier molecular flexibility index (Phi) is 2.72. The van der Waals surface area contributed by atoms with Gasteiger partial charge in [-0.15, -0.1) is 0 Å². The highest BCUT2D eigenvalue weighted by molar-refractivity contribution is 8.16. The maximum atomic E-state index is 2.31. The Bertz CT molecular complexity index is 486. The second kappa shape index (κ2) is 4.21. The van der Waals surface area contributed by atoms with Crippen LogP contribution in [0.1, 0.15) is 0 Å². The summed E-state index contributed by atoms with van der Waals surface area (Å²) >= 11 is 0. The lowest BCUT2D eigenvalue weighted by Crippen LogP contribution is -2.22. The molecule has 0 saturated carbocycles. The molecule has 0 nitrogen and oxygen atoms in total. The monoisotopic (exact) mass is 244 g/mol. The van der Waals surface area contributed by atoms with Crippen molar-refractivity contribution in [3.8, 4) is 0 Å². The molecule has 3 rings (SSSR count). The van der Waals surface area contributed by atoms with Crippen molar-refractivity contribution in [2.24, 2.45) is 0 Å². The second-order valence-electron chi connectivity index (χ2n) is 4.03. The van der Waals surface area contributed by atoms with Crippen molar-refractivity contribution in [1.29, 1.82) is 0 Å². The van der Waals surface area contributed by atoms with Gasteiger partial charge in [0.05, 0.1) is 0 Å². The zero-order chi connectivity index (χ0) is 10.8. The van der Waals surface area contributed by atoms with Crippen LogP contribution in [0.2, 0.25) is 0 Å². The fourth-order valence-corrected chi connectivity index (χ4v) is 8.87. The molecular weight excluding hydrogens is 230 g/mol. The summed E-state index contributed by atoms with van der Waals surface area (Å²) in [5, 5.41) is 3.16. The van der Waals surface area contributed by atoms with E-state index in [1.165, 1.54) is 12.3 Å². The standard InChI is InChI=1S/C14H14P2/c1-3-7-13(8-4-1)16(12-11-15-16)14-9-5-2-6-10-14/h1-10H,11-12H2. The van der Waals surface area contributed by atoms with Crippen molar-refractivity contribution >= 4 is 25.0 Å². The summed E-state index contributed by atoms with van der Waals surface area (Å²) in [5.41, 5.74) is 0. The van der Waals surface area contributed by atoms with Crippen LogP contribution in [0.5, 0.6) is 0 Å². The minimum Gasteiger partial charge on any atom is -0.0989 e. The van der Waals surface area contributed by atoms with Crippen molar-refractivity contribution in [3.05, 3.63) is 60.7 Å². The largest absolute Gasteiger partial charge is 0.0989 e. The van der Waals surface area contributed by atoms with Crippen molar-refractivity contribution in [2.75, 3.05) is 12.3 Å². The van der Waals surface area contributed by atoms with E-state index in [1.807, 2.05) is 0 Å². The van der Waals surface area contributed by atoms with E-state index in [4.69, 9.17) is 0 Å². The van der Waals surface area contributed by atoms with Crippen LogP contribution >= 0.6 is 14.4 Å². The van der Waals surface area contributed by atoms with Crippen LogP contribution in [0, 0.1) is 0 Å². The summed E-state index contributed by atoms with van der Waals surface area (Å²) in [6.07, 6.45) is 2.76. The van der Waals surface area contributed by atoms with Gasteiger partial charge in [0.2, 0.25) is 0 Å². The number of hydrogen-bond donors (Lipinski definition) is 0. The first-order chi connectivity index (χ1) is 7.92. The zero-order valence-electron chi connectivity index (χ0n) is 9.08. The molecule has 0 aliphatic carbocycles. The molecule has 2 heteroatoms. The molecule has 1 aliphatic rings. The van der Waals surface area contributed by atoms with Crippen LogP contribution in [0.15, 0.2) is 60.7 Å².